The van der Waals surface area contributed by atoms with Crippen LogP contribution in [0.4, 0.5) is 0 Å². The molecule has 112 valence electrons. The summed E-state index contributed by atoms with van der Waals surface area (Å²) in [5.41, 5.74) is 0.919. The lowest BCUT2D eigenvalue weighted by Gasteiger charge is -2.22. The molecular weight excluding hydrogens is 288 g/mol. The molecule has 0 radical (unpaired) electrons. The summed E-state index contributed by atoms with van der Waals surface area (Å²) in [6.45, 7) is 2.80. The smallest absolute Gasteiger partial charge is 0.241 e. The summed E-state index contributed by atoms with van der Waals surface area (Å²) in [7, 11) is 1.99. The van der Waals surface area contributed by atoms with Crippen molar-refractivity contribution in [3.05, 3.63) is 35.2 Å². The molecule has 1 N–H and O–H groups in total. The van der Waals surface area contributed by atoms with Gasteiger partial charge < -0.3 is 9.84 Å². The second-order valence-electron chi connectivity index (χ2n) is 5.34. The third kappa shape index (κ3) is 3.43. The fraction of sp³-hybridized carbons (Fsp3) is 0.467. The minimum Gasteiger partial charge on any atom is -0.338 e. The summed E-state index contributed by atoms with van der Waals surface area (Å²) in [5, 5.41) is 8.00. The summed E-state index contributed by atoms with van der Waals surface area (Å²) < 4.78 is 5.38. The van der Waals surface area contributed by atoms with E-state index < -0.39 is 0 Å². The standard InChI is InChI=1S/C15H19ClN4O/c1-17-9-13-3-2-8-20(13)10-14-18-15(19-21-14)11-4-6-12(16)7-5-11/h4-7,13,17H,2-3,8-10H2,1H3. The van der Waals surface area contributed by atoms with Crippen LogP contribution in [0.5, 0.6) is 0 Å². The lowest BCUT2D eigenvalue weighted by molar-refractivity contribution is 0.209. The molecule has 6 heteroatoms. The van der Waals surface area contributed by atoms with Gasteiger partial charge in [0.25, 0.3) is 0 Å². The second kappa shape index (κ2) is 6.56. The molecule has 1 unspecified atom stereocenters. The molecule has 1 aromatic carbocycles. The number of benzene rings is 1. The molecule has 2 heterocycles. The zero-order chi connectivity index (χ0) is 14.7. The SMILES string of the molecule is CNCC1CCCN1Cc1nc(-c2ccc(Cl)cc2)no1. The molecule has 21 heavy (non-hydrogen) atoms. The molecule has 1 aliphatic rings. The predicted octanol–water partition coefficient (Wildman–Crippen LogP) is 2.57. The van der Waals surface area contributed by atoms with Gasteiger partial charge in [0.05, 0.1) is 6.54 Å². The van der Waals surface area contributed by atoms with Gasteiger partial charge in [-0.05, 0) is 50.7 Å². The number of likely N-dealkylation sites (tertiary alicyclic amines) is 1. The van der Waals surface area contributed by atoms with Gasteiger partial charge in [0.1, 0.15) is 0 Å². The number of rotatable bonds is 5. The van der Waals surface area contributed by atoms with Gasteiger partial charge in [-0.3, -0.25) is 4.90 Å². The topological polar surface area (TPSA) is 54.2 Å². The molecule has 0 spiro atoms. The Kier molecular flexibility index (Phi) is 4.53. The minimum absolute atomic E-state index is 0.556. The van der Waals surface area contributed by atoms with Crippen LogP contribution in [0.25, 0.3) is 11.4 Å². The van der Waals surface area contributed by atoms with Gasteiger partial charge in [-0.15, -0.1) is 0 Å². The van der Waals surface area contributed by atoms with Gasteiger partial charge in [-0.25, -0.2) is 0 Å². The van der Waals surface area contributed by atoms with Crippen LogP contribution >= 0.6 is 11.6 Å². The van der Waals surface area contributed by atoms with Crippen molar-refractivity contribution < 1.29 is 4.52 Å². The van der Waals surface area contributed by atoms with Gasteiger partial charge >= 0.3 is 0 Å². The molecule has 0 aliphatic carbocycles. The highest BCUT2D eigenvalue weighted by molar-refractivity contribution is 6.30. The number of hydrogen-bond acceptors (Lipinski definition) is 5. The predicted molar refractivity (Wildman–Crippen MR) is 82.1 cm³/mol. The first kappa shape index (κ1) is 14.5. The van der Waals surface area contributed by atoms with Crippen LogP contribution in [0.2, 0.25) is 5.02 Å². The minimum atomic E-state index is 0.556. The van der Waals surface area contributed by atoms with Crippen LogP contribution in [0, 0.1) is 0 Å². The molecular formula is C15H19ClN4O. The Balaban J connectivity index is 1.69. The summed E-state index contributed by atoms with van der Waals surface area (Å²) in [4.78, 5) is 6.88. The quantitative estimate of drug-likeness (QED) is 0.920. The number of aromatic nitrogens is 2. The van der Waals surface area contributed by atoms with E-state index in [0.29, 0.717) is 29.3 Å². The average molecular weight is 307 g/mol. The average Bonchev–Trinajstić information content (AvgIpc) is 3.11. The Morgan fingerprint density at radius 3 is 2.95 bits per heavy atom. The number of nitrogens with one attached hydrogen (secondary N) is 1. The van der Waals surface area contributed by atoms with Crippen LogP contribution in [0.3, 0.4) is 0 Å². The Labute approximate surface area is 129 Å². The highest BCUT2D eigenvalue weighted by Crippen LogP contribution is 2.22. The van der Waals surface area contributed by atoms with Crippen LogP contribution in [0.1, 0.15) is 18.7 Å². The highest BCUT2D eigenvalue weighted by Gasteiger charge is 2.25. The van der Waals surface area contributed by atoms with Gasteiger partial charge in [0.15, 0.2) is 0 Å². The molecule has 1 aliphatic heterocycles. The lowest BCUT2D eigenvalue weighted by Crippen LogP contribution is -2.36. The van der Waals surface area contributed by atoms with E-state index in [2.05, 4.69) is 20.4 Å². The van der Waals surface area contributed by atoms with Crippen molar-refractivity contribution in [2.24, 2.45) is 0 Å². The van der Waals surface area contributed by atoms with Crippen molar-refractivity contribution in [3.8, 4) is 11.4 Å². The van der Waals surface area contributed by atoms with Gasteiger partial charge in [-0.1, -0.05) is 16.8 Å². The van der Waals surface area contributed by atoms with E-state index in [9.17, 15) is 0 Å². The number of nitrogens with zero attached hydrogens (tertiary/aromatic N) is 3. The van der Waals surface area contributed by atoms with Crippen molar-refractivity contribution in [1.29, 1.82) is 0 Å². The van der Waals surface area contributed by atoms with E-state index in [1.54, 1.807) is 0 Å². The molecule has 1 fully saturated rings. The summed E-state index contributed by atoms with van der Waals surface area (Å²) in [6, 6.07) is 8.01. The summed E-state index contributed by atoms with van der Waals surface area (Å²) in [5.74, 6) is 1.29. The molecule has 0 amide bonds. The summed E-state index contributed by atoms with van der Waals surface area (Å²) in [6.07, 6.45) is 2.45. The Morgan fingerprint density at radius 2 is 2.19 bits per heavy atom. The third-order valence-electron chi connectivity index (χ3n) is 3.85. The van der Waals surface area contributed by atoms with Crippen LogP contribution < -0.4 is 5.32 Å². The molecule has 0 bridgehead atoms. The van der Waals surface area contributed by atoms with E-state index in [1.165, 1.54) is 12.8 Å². The van der Waals surface area contributed by atoms with Crippen molar-refractivity contribution in [1.82, 2.24) is 20.4 Å². The van der Waals surface area contributed by atoms with Crippen LogP contribution in [-0.2, 0) is 6.54 Å². The number of halogens is 1. The van der Waals surface area contributed by atoms with Gasteiger partial charge in [0.2, 0.25) is 11.7 Å². The molecule has 1 aromatic heterocycles. The zero-order valence-electron chi connectivity index (χ0n) is 12.1. The first-order valence-electron chi connectivity index (χ1n) is 7.23. The maximum absolute atomic E-state index is 5.89. The van der Waals surface area contributed by atoms with Crippen LogP contribution in [0.15, 0.2) is 28.8 Å². The van der Waals surface area contributed by atoms with E-state index in [0.717, 1.165) is 18.7 Å². The first-order chi connectivity index (χ1) is 10.3. The largest absolute Gasteiger partial charge is 0.338 e. The normalized spacial score (nSPS) is 19.2. The molecule has 5 nitrogen and oxygen atoms in total. The van der Waals surface area contributed by atoms with Crippen molar-refractivity contribution in [2.45, 2.75) is 25.4 Å². The molecule has 1 saturated heterocycles. The van der Waals surface area contributed by atoms with Crippen molar-refractivity contribution >= 4 is 11.6 Å². The Hall–Kier alpha value is -1.43. The molecule has 1 atom stereocenters. The maximum Gasteiger partial charge on any atom is 0.241 e. The second-order valence-corrected chi connectivity index (χ2v) is 5.78. The Morgan fingerprint density at radius 1 is 1.38 bits per heavy atom. The molecule has 0 saturated carbocycles. The maximum atomic E-state index is 5.89. The lowest BCUT2D eigenvalue weighted by atomic mass is 10.2. The molecule has 2 aromatic rings. The Bertz CT molecular complexity index is 584. The number of likely N-dealkylation sites (N-methyl/N-ethyl adjacent to an activating group) is 1. The summed E-state index contributed by atoms with van der Waals surface area (Å²) >= 11 is 5.89. The fourth-order valence-electron chi connectivity index (χ4n) is 2.78. The van der Waals surface area contributed by atoms with Crippen molar-refractivity contribution in [2.75, 3.05) is 20.1 Å². The number of hydrogen-bond donors (Lipinski definition) is 1. The van der Waals surface area contributed by atoms with E-state index in [-0.39, 0.29) is 0 Å². The zero-order valence-corrected chi connectivity index (χ0v) is 12.8. The van der Waals surface area contributed by atoms with E-state index in [4.69, 9.17) is 16.1 Å². The highest BCUT2D eigenvalue weighted by atomic mass is 35.5. The van der Waals surface area contributed by atoms with Gasteiger partial charge in [0, 0.05) is 23.2 Å². The third-order valence-corrected chi connectivity index (χ3v) is 4.10. The van der Waals surface area contributed by atoms with Crippen molar-refractivity contribution in [3.63, 3.8) is 0 Å². The van der Waals surface area contributed by atoms with Gasteiger partial charge in [-0.2, -0.15) is 4.98 Å². The van der Waals surface area contributed by atoms with E-state index >= 15 is 0 Å². The van der Waals surface area contributed by atoms with E-state index in [1.807, 2.05) is 31.3 Å². The molecule has 3 rings (SSSR count). The fourth-order valence-corrected chi connectivity index (χ4v) is 2.91. The monoisotopic (exact) mass is 306 g/mol. The van der Waals surface area contributed by atoms with Crippen LogP contribution in [-0.4, -0.2) is 41.2 Å². The first-order valence-corrected chi connectivity index (χ1v) is 7.61.